The summed E-state index contributed by atoms with van der Waals surface area (Å²) in [5, 5.41) is 5.06. The van der Waals surface area contributed by atoms with Crippen molar-refractivity contribution in [2.24, 2.45) is 0 Å². The van der Waals surface area contributed by atoms with Crippen LogP contribution in [0.15, 0.2) is 203 Å². The van der Waals surface area contributed by atoms with E-state index in [1.807, 2.05) is 115 Å². The molecule has 8 heteroatoms. The Morgan fingerprint density at radius 2 is 0.937 bits per heavy atom. The minimum atomic E-state index is 0.502. The highest BCUT2D eigenvalue weighted by molar-refractivity contribution is 6.16. The van der Waals surface area contributed by atoms with Crippen molar-refractivity contribution in [2.45, 2.75) is 0 Å². The number of benzene rings is 8. The molecule has 0 bridgehead atoms. The third kappa shape index (κ3) is 5.58. The van der Waals surface area contributed by atoms with Crippen molar-refractivity contribution >= 4 is 65.8 Å². The average Bonchev–Trinajstić information content (AvgIpc) is 4.04. The van der Waals surface area contributed by atoms with E-state index in [4.69, 9.17) is 33.8 Å². The highest BCUT2D eigenvalue weighted by Gasteiger charge is 2.23. The van der Waals surface area contributed by atoms with Gasteiger partial charge in [-0.2, -0.15) is 0 Å². The predicted octanol–water partition coefficient (Wildman–Crippen LogP) is 13.9. The van der Waals surface area contributed by atoms with Crippen LogP contribution in [0.5, 0.6) is 0 Å². The lowest BCUT2D eigenvalue weighted by Crippen LogP contribution is -2.00. The monoisotopic (exact) mass is 808 g/mol. The summed E-state index contributed by atoms with van der Waals surface area (Å²) in [6.07, 6.45) is 0. The van der Waals surface area contributed by atoms with Crippen LogP contribution in [0, 0.1) is 0 Å². The third-order valence-electron chi connectivity index (χ3n) is 11.9. The summed E-state index contributed by atoms with van der Waals surface area (Å²) in [7, 11) is 0. The van der Waals surface area contributed by atoms with Gasteiger partial charge in [-0.3, -0.25) is 0 Å². The van der Waals surface area contributed by atoms with Crippen LogP contribution in [-0.4, -0.2) is 29.5 Å². The first-order chi connectivity index (χ1) is 31.2. The van der Waals surface area contributed by atoms with Crippen molar-refractivity contribution in [3.05, 3.63) is 194 Å². The van der Waals surface area contributed by atoms with Gasteiger partial charge >= 0.3 is 0 Å². The van der Waals surface area contributed by atoms with Crippen LogP contribution in [0.1, 0.15) is 0 Å². The van der Waals surface area contributed by atoms with E-state index in [2.05, 4.69) is 83.4 Å². The topological polar surface area (TPSA) is 95.7 Å². The molecule has 13 aromatic rings. The average molecular weight is 809 g/mol. The maximum absolute atomic E-state index is 6.83. The molecule has 0 atom stereocenters. The standard InChI is InChI=1S/C55H32N6O2/c1-4-16-33(17-5-1)48-51-49(39-23-11-13-28-45(39)62-51)57-54(56-48)41-25-15-29-46-47(41)40-24-14-26-42(50(40)63-46)55-59-52(34-18-6-2-7-19-34)58-53(60-55)35-30-31-38-37-22-10-12-27-43(37)61(44(38)32-35)36-20-8-3-9-21-36/h1-32H. The molecule has 5 heterocycles. The van der Waals surface area contributed by atoms with Gasteiger partial charge in [-0.25, -0.2) is 24.9 Å². The van der Waals surface area contributed by atoms with Crippen LogP contribution < -0.4 is 0 Å². The maximum Gasteiger partial charge on any atom is 0.180 e. The normalized spacial score (nSPS) is 11.8. The maximum atomic E-state index is 6.83. The first-order valence-electron chi connectivity index (χ1n) is 20.8. The second-order valence-corrected chi connectivity index (χ2v) is 15.6. The Morgan fingerprint density at radius 3 is 1.76 bits per heavy atom. The smallest absolute Gasteiger partial charge is 0.180 e. The van der Waals surface area contributed by atoms with Crippen LogP contribution in [0.2, 0.25) is 0 Å². The van der Waals surface area contributed by atoms with Gasteiger partial charge in [-0.15, -0.1) is 0 Å². The molecule has 0 amide bonds. The quantitative estimate of drug-likeness (QED) is 0.165. The number of aromatic nitrogens is 6. The van der Waals surface area contributed by atoms with Crippen molar-refractivity contribution < 1.29 is 8.83 Å². The van der Waals surface area contributed by atoms with Crippen molar-refractivity contribution in [3.63, 3.8) is 0 Å². The fourth-order valence-corrected chi connectivity index (χ4v) is 9.02. The number of nitrogens with zero attached hydrogens (tertiary/aromatic N) is 6. The number of fused-ring (bicyclic) bond motifs is 9. The highest BCUT2D eigenvalue weighted by atomic mass is 16.3. The second-order valence-electron chi connectivity index (χ2n) is 15.6. The highest BCUT2D eigenvalue weighted by Crippen LogP contribution is 2.42. The van der Waals surface area contributed by atoms with E-state index in [0.29, 0.717) is 40.0 Å². The lowest BCUT2D eigenvalue weighted by atomic mass is 10.0. The molecule has 0 unspecified atom stereocenters. The Kier molecular flexibility index (Phi) is 7.74. The van der Waals surface area contributed by atoms with Crippen LogP contribution in [0.3, 0.4) is 0 Å². The summed E-state index contributed by atoms with van der Waals surface area (Å²) in [5.74, 6) is 2.20. The van der Waals surface area contributed by atoms with E-state index in [0.717, 1.165) is 82.9 Å². The van der Waals surface area contributed by atoms with Gasteiger partial charge in [-0.1, -0.05) is 146 Å². The molecule has 8 aromatic carbocycles. The van der Waals surface area contributed by atoms with Gasteiger partial charge in [0.1, 0.15) is 28.0 Å². The summed E-state index contributed by atoms with van der Waals surface area (Å²) in [4.78, 5) is 25.9. The summed E-state index contributed by atoms with van der Waals surface area (Å²) in [5.41, 5.74) is 11.8. The van der Waals surface area contributed by atoms with E-state index in [9.17, 15) is 0 Å². The lowest BCUT2D eigenvalue weighted by Gasteiger charge is -2.10. The van der Waals surface area contributed by atoms with Crippen LogP contribution >= 0.6 is 0 Å². The van der Waals surface area contributed by atoms with E-state index >= 15 is 0 Å². The Bertz CT molecular complexity index is 3910. The van der Waals surface area contributed by atoms with Gasteiger partial charge < -0.3 is 13.4 Å². The van der Waals surface area contributed by atoms with Crippen LogP contribution in [0.4, 0.5) is 0 Å². The molecular formula is C55H32N6O2. The largest absolute Gasteiger partial charge is 0.455 e. The van der Waals surface area contributed by atoms with Crippen LogP contribution in [0.25, 0.3) is 128 Å². The fraction of sp³-hybridized carbons (Fsp3) is 0. The Morgan fingerprint density at radius 1 is 0.349 bits per heavy atom. The van der Waals surface area contributed by atoms with E-state index in [1.165, 1.54) is 5.39 Å². The van der Waals surface area contributed by atoms with Gasteiger partial charge in [0.25, 0.3) is 0 Å². The molecule has 8 nitrogen and oxygen atoms in total. The summed E-state index contributed by atoms with van der Waals surface area (Å²) < 4.78 is 15.5. The zero-order chi connectivity index (χ0) is 41.4. The number of hydrogen-bond acceptors (Lipinski definition) is 7. The van der Waals surface area contributed by atoms with Gasteiger partial charge in [0.2, 0.25) is 0 Å². The molecule has 0 saturated carbocycles. The minimum absolute atomic E-state index is 0.502. The Balaban J connectivity index is 1.02. The molecule has 0 saturated heterocycles. The number of hydrogen-bond donors (Lipinski definition) is 0. The van der Waals surface area contributed by atoms with Gasteiger partial charge in [0.05, 0.1) is 16.6 Å². The lowest BCUT2D eigenvalue weighted by molar-refractivity contribution is 0.667. The van der Waals surface area contributed by atoms with E-state index in [1.54, 1.807) is 0 Å². The molecule has 0 spiro atoms. The molecule has 63 heavy (non-hydrogen) atoms. The predicted molar refractivity (Wildman–Crippen MR) is 251 cm³/mol. The van der Waals surface area contributed by atoms with Crippen molar-refractivity contribution in [1.29, 1.82) is 0 Å². The molecule has 13 rings (SSSR count). The molecule has 0 fully saturated rings. The summed E-state index contributed by atoms with van der Waals surface area (Å²) in [6, 6.07) is 65.8. The van der Waals surface area contributed by atoms with Gasteiger partial charge in [0, 0.05) is 54.9 Å². The third-order valence-corrected chi connectivity index (χ3v) is 11.9. The van der Waals surface area contributed by atoms with Crippen molar-refractivity contribution in [3.8, 4) is 62.5 Å². The Hall–Kier alpha value is -8.75. The molecular weight excluding hydrogens is 777 g/mol. The first-order valence-corrected chi connectivity index (χ1v) is 20.8. The molecule has 0 aliphatic heterocycles. The number of furan rings is 2. The molecule has 5 aromatic heterocycles. The number of para-hydroxylation sites is 4. The summed E-state index contributed by atoms with van der Waals surface area (Å²) >= 11 is 0. The van der Waals surface area contributed by atoms with E-state index < -0.39 is 0 Å². The van der Waals surface area contributed by atoms with Crippen LogP contribution in [-0.2, 0) is 0 Å². The van der Waals surface area contributed by atoms with E-state index in [-0.39, 0.29) is 0 Å². The van der Waals surface area contributed by atoms with Crippen molar-refractivity contribution in [1.82, 2.24) is 29.5 Å². The molecule has 0 aliphatic rings. The molecule has 0 N–H and O–H groups in total. The van der Waals surface area contributed by atoms with Gasteiger partial charge in [0.15, 0.2) is 28.9 Å². The zero-order valence-electron chi connectivity index (χ0n) is 33.5. The summed E-state index contributed by atoms with van der Waals surface area (Å²) in [6.45, 7) is 0. The molecule has 0 aliphatic carbocycles. The fourth-order valence-electron chi connectivity index (χ4n) is 9.02. The Labute approximate surface area is 359 Å². The molecule has 294 valence electrons. The zero-order valence-corrected chi connectivity index (χ0v) is 33.5. The van der Waals surface area contributed by atoms with Gasteiger partial charge in [-0.05, 0) is 48.5 Å². The number of rotatable bonds is 6. The second kappa shape index (κ2) is 13.9. The molecule has 0 radical (unpaired) electrons. The minimum Gasteiger partial charge on any atom is -0.455 e. The van der Waals surface area contributed by atoms with Crippen molar-refractivity contribution in [2.75, 3.05) is 0 Å². The SMILES string of the molecule is c1ccc(-c2nc(-c3ccc4c5ccccc5n(-c5ccccc5)c4c3)nc(-c3cccc4c3oc3cccc(-c5nc(-c6ccccc6)c6oc7ccccc7c6n5)c34)n2)cc1. The first kappa shape index (κ1) is 35.0.